The Kier molecular flexibility index (Phi) is 4.37. The van der Waals surface area contributed by atoms with Gasteiger partial charge in [0.05, 0.1) is 5.69 Å². The second-order valence-electron chi connectivity index (χ2n) is 4.36. The maximum absolute atomic E-state index is 13.0. The Morgan fingerprint density at radius 3 is 2.67 bits per heavy atom. The van der Waals surface area contributed by atoms with Crippen LogP contribution in [0.3, 0.4) is 0 Å². The molecular formula is C14H12ClF2N3O. The molecule has 0 spiro atoms. The standard InChI is InChI=1S/C14H12ClF2N3O/c1-8-10(14(15)20(2)19-8)4-6-13(21)18-9-3-5-11(16)12(17)7-9/h3-7H,1-2H3,(H,18,21). The van der Waals surface area contributed by atoms with E-state index in [1.807, 2.05) is 0 Å². The molecule has 0 bridgehead atoms. The summed E-state index contributed by atoms with van der Waals surface area (Å²) in [6, 6.07) is 3.12. The van der Waals surface area contributed by atoms with E-state index >= 15 is 0 Å². The SMILES string of the molecule is Cc1nn(C)c(Cl)c1C=CC(=O)Nc1ccc(F)c(F)c1. The summed E-state index contributed by atoms with van der Waals surface area (Å²) in [4.78, 5) is 11.7. The molecule has 0 saturated heterocycles. The minimum absolute atomic E-state index is 0.164. The lowest BCUT2D eigenvalue weighted by Crippen LogP contribution is -2.08. The van der Waals surface area contributed by atoms with Gasteiger partial charge in [-0.1, -0.05) is 11.6 Å². The molecule has 1 aromatic heterocycles. The molecule has 2 rings (SSSR count). The molecule has 0 aliphatic heterocycles. The van der Waals surface area contributed by atoms with Gasteiger partial charge in [0.25, 0.3) is 0 Å². The molecule has 21 heavy (non-hydrogen) atoms. The first kappa shape index (κ1) is 15.2. The lowest BCUT2D eigenvalue weighted by atomic mass is 10.2. The molecule has 1 N–H and O–H groups in total. The van der Waals surface area contributed by atoms with Crippen molar-refractivity contribution in [3.8, 4) is 0 Å². The second kappa shape index (κ2) is 6.05. The van der Waals surface area contributed by atoms with Crippen LogP contribution in [0.2, 0.25) is 5.15 Å². The molecular weight excluding hydrogens is 300 g/mol. The van der Waals surface area contributed by atoms with Gasteiger partial charge < -0.3 is 5.32 Å². The van der Waals surface area contributed by atoms with Crippen LogP contribution in [0.15, 0.2) is 24.3 Å². The van der Waals surface area contributed by atoms with Crippen LogP contribution in [0.1, 0.15) is 11.3 Å². The van der Waals surface area contributed by atoms with E-state index in [4.69, 9.17) is 11.6 Å². The number of halogens is 3. The van der Waals surface area contributed by atoms with Gasteiger partial charge in [-0.25, -0.2) is 8.78 Å². The maximum atomic E-state index is 13.0. The van der Waals surface area contributed by atoms with Crippen molar-refractivity contribution in [2.45, 2.75) is 6.92 Å². The molecule has 0 fully saturated rings. The number of carbonyl (C=O) groups excluding carboxylic acids is 1. The minimum Gasteiger partial charge on any atom is -0.322 e. The van der Waals surface area contributed by atoms with Crippen LogP contribution in [-0.4, -0.2) is 15.7 Å². The summed E-state index contributed by atoms with van der Waals surface area (Å²) in [5.41, 5.74) is 1.47. The van der Waals surface area contributed by atoms with E-state index in [0.717, 1.165) is 12.1 Å². The van der Waals surface area contributed by atoms with Gasteiger partial charge in [-0.2, -0.15) is 5.10 Å². The van der Waals surface area contributed by atoms with Gasteiger partial charge in [0.15, 0.2) is 11.6 Å². The Morgan fingerprint density at radius 1 is 1.38 bits per heavy atom. The average molecular weight is 312 g/mol. The molecule has 4 nitrogen and oxygen atoms in total. The number of amides is 1. The molecule has 0 radical (unpaired) electrons. The van der Waals surface area contributed by atoms with Gasteiger partial charge in [-0.05, 0) is 25.1 Å². The summed E-state index contributed by atoms with van der Waals surface area (Å²) in [5, 5.41) is 6.93. The third kappa shape index (κ3) is 3.46. The van der Waals surface area contributed by atoms with Crippen LogP contribution in [0.4, 0.5) is 14.5 Å². The first-order chi connectivity index (χ1) is 9.88. The fraction of sp³-hybridized carbons (Fsp3) is 0.143. The highest BCUT2D eigenvalue weighted by Gasteiger charge is 2.09. The van der Waals surface area contributed by atoms with Crippen LogP contribution in [0, 0.1) is 18.6 Å². The van der Waals surface area contributed by atoms with Crippen molar-refractivity contribution >= 4 is 29.3 Å². The van der Waals surface area contributed by atoms with Crippen molar-refractivity contribution in [2.24, 2.45) is 7.05 Å². The topological polar surface area (TPSA) is 46.9 Å². The number of hydrogen-bond donors (Lipinski definition) is 1. The molecule has 0 atom stereocenters. The van der Waals surface area contributed by atoms with Gasteiger partial charge in [-0.15, -0.1) is 0 Å². The molecule has 1 heterocycles. The third-order valence-electron chi connectivity index (χ3n) is 2.78. The summed E-state index contributed by atoms with van der Waals surface area (Å²) < 4.78 is 27.3. The third-order valence-corrected chi connectivity index (χ3v) is 3.23. The lowest BCUT2D eigenvalue weighted by molar-refractivity contribution is -0.111. The summed E-state index contributed by atoms with van der Waals surface area (Å²) in [6.07, 6.45) is 2.76. The van der Waals surface area contributed by atoms with Crippen molar-refractivity contribution in [1.82, 2.24) is 9.78 Å². The van der Waals surface area contributed by atoms with E-state index in [-0.39, 0.29) is 5.69 Å². The Hall–Kier alpha value is -2.21. The van der Waals surface area contributed by atoms with Crippen LogP contribution < -0.4 is 5.32 Å². The predicted molar refractivity (Wildman–Crippen MR) is 77.0 cm³/mol. The monoisotopic (exact) mass is 311 g/mol. The van der Waals surface area contributed by atoms with Gasteiger partial charge in [0.2, 0.25) is 5.91 Å². The van der Waals surface area contributed by atoms with E-state index in [1.165, 1.54) is 22.9 Å². The number of nitrogens with zero attached hydrogens (tertiary/aromatic N) is 2. The number of rotatable bonds is 3. The Bertz CT molecular complexity index is 725. The largest absolute Gasteiger partial charge is 0.322 e. The Balaban J connectivity index is 2.11. The van der Waals surface area contributed by atoms with Crippen molar-refractivity contribution < 1.29 is 13.6 Å². The highest BCUT2D eigenvalue weighted by Crippen LogP contribution is 2.20. The molecule has 7 heteroatoms. The first-order valence-corrected chi connectivity index (χ1v) is 6.39. The average Bonchev–Trinajstić information content (AvgIpc) is 2.66. The van der Waals surface area contributed by atoms with Gasteiger partial charge in [-0.3, -0.25) is 9.48 Å². The molecule has 1 aromatic carbocycles. The quantitative estimate of drug-likeness (QED) is 0.884. The van der Waals surface area contributed by atoms with Gasteiger partial charge >= 0.3 is 0 Å². The van der Waals surface area contributed by atoms with Crippen molar-refractivity contribution in [3.63, 3.8) is 0 Å². The highest BCUT2D eigenvalue weighted by molar-refractivity contribution is 6.31. The first-order valence-electron chi connectivity index (χ1n) is 6.01. The molecule has 110 valence electrons. The summed E-state index contributed by atoms with van der Waals surface area (Å²) >= 11 is 6.02. The van der Waals surface area contributed by atoms with Crippen molar-refractivity contribution in [1.29, 1.82) is 0 Å². The van der Waals surface area contributed by atoms with E-state index in [2.05, 4.69) is 10.4 Å². The molecule has 0 aliphatic carbocycles. The van der Waals surface area contributed by atoms with E-state index in [0.29, 0.717) is 16.4 Å². The predicted octanol–water partition coefficient (Wildman–Crippen LogP) is 3.31. The van der Waals surface area contributed by atoms with E-state index in [9.17, 15) is 13.6 Å². The zero-order chi connectivity index (χ0) is 15.6. The fourth-order valence-corrected chi connectivity index (χ4v) is 1.99. The second-order valence-corrected chi connectivity index (χ2v) is 4.72. The van der Waals surface area contributed by atoms with E-state index < -0.39 is 17.5 Å². The summed E-state index contributed by atoms with van der Waals surface area (Å²) in [6.45, 7) is 1.76. The fourth-order valence-electron chi connectivity index (χ4n) is 1.75. The number of nitrogens with one attached hydrogen (secondary N) is 1. The maximum Gasteiger partial charge on any atom is 0.248 e. The van der Waals surface area contributed by atoms with Crippen LogP contribution in [0.5, 0.6) is 0 Å². The smallest absolute Gasteiger partial charge is 0.248 e. The normalized spacial score (nSPS) is 11.1. The Morgan fingerprint density at radius 2 is 2.10 bits per heavy atom. The Labute approximate surface area is 125 Å². The molecule has 0 saturated carbocycles. The van der Waals surface area contributed by atoms with E-state index in [1.54, 1.807) is 14.0 Å². The number of aryl methyl sites for hydroxylation is 2. The van der Waals surface area contributed by atoms with Crippen molar-refractivity contribution in [3.05, 3.63) is 52.3 Å². The number of carbonyl (C=O) groups is 1. The lowest BCUT2D eigenvalue weighted by Gasteiger charge is -2.02. The molecule has 0 aliphatic rings. The molecule has 0 unspecified atom stereocenters. The van der Waals surface area contributed by atoms with Crippen LogP contribution >= 0.6 is 11.6 Å². The zero-order valence-corrected chi connectivity index (χ0v) is 12.1. The van der Waals surface area contributed by atoms with Crippen LogP contribution in [-0.2, 0) is 11.8 Å². The number of anilines is 1. The number of hydrogen-bond acceptors (Lipinski definition) is 2. The van der Waals surface area contributed by atoms with Gasteiger partial charge in [0, 0.05) is 30.4 Å². The zero-order valence-electron chi connectivity index (χ0n) is 11.3. The summed E-state index contributed by atoms with van der Waals surface area (Å²) in [5.74, 6) is -2.48. The highest BCUT2D eigenvalue weighted by atomic mass is 35.5. The number of benzene rings is 1. The van der Waals surface area contributed by atoms with Gasteiger partial charge in [0.1, 0.15) is 5.15 Å². The molecule has 1 amide bonds. The van der Waals surface area contributed by atoms with Crippen LogP contribution in [0.25, 0.3) is 6.08 Å². The van der Waals surface area contributed by atoms with Crippen molar-refractivity contribution in [2.75, 3.05) is 5.32 Å². The number of aromatic nitrogens is 2. The summed E-state index contributed by atoms with van der Waals surface area (Å²) in [7, 11) is 1.69. The molecule has 2 aromatic rings. The minimum atomic E-state index is -1.03.